The van der Waals surface area contributed by atoms with Crippen molar-refractivity contribution in [1.29, 1.82) is 0 Å². The molecule has 1 heterocycles. The predicted molar refractivity (Wildman–Crippen MR) is 81.8 cm³/mol. The lowest BCUT2D eigenvalue weighted by Gasteiger charge is -2.12. The maximum atomic E-state index is 13.6. The Hall–Kier alpha value is -1.92. The van der Waals surface area contributed by atoms with E-state index in [0.717, 1.165) is 25.6 Å². The summed E-state index contributed by atoms with van der Waals surface area (Å²) in [7, 11) is 0. The lowest BCUT2D eigenvalue weighted by atomic mass is 10.2. The largest absolute Gasteiger partial charge is 0.367 e. The number of anilines is 2. The van der Waals surface area contributed by atoms with Gasteiger partial charge < -0.3 is 16.0 Å². The quantitative estimate of drug-likeness (QED) is 0.651. The molecule has 0 spiro atoms. The Kier molecular flexibility index (Phi) is 7.42. The van der Waals surface area contributed by atoms with Crippen LogP contribution >= 0.6 is 0 Å². The second kappa shape index (κ2) is 9.10. The molecule has 21 heavy (non-hydrogen) atoms. The van der Waals surface area contributed by atoms with E-state index in [1.165, 1.54) is 0 Å². The zero-order valence-corrected chi connectivity index (χ0v) is 12.9. The fraction of sp³-hybridized carbons (Fsp3) is 0.643. The molecule has 1 aromatic heterocycles. The summed E-state index contributed by atoms with van der Waals surface area (Å²) < 4.78 is 13.6. The standard InChI is InChI=1S/C14H24FN5O/c1-4-7-17-14-18-9-11(15)13(20-14)16-8-6-12(21)19-10(3)5-2/h9-10H,4-8H2,1-3H3,(H,19,21)(H2,16,17,18,20). The summed E-state index contributed by atoms with van der Waals surface area (Å²) in [6.07, 6.45) is 3.20. The molecule has 1 unspecified atom stereocenters. The van der Waals surface area contributed by atoms with Gasteiger partial charge in [-0.3, -0.25) is 4.79 Å². The lowest BCUT2D eigenvalue weighted by molar-refractivity contribution is -0.121. The molecule has 118 valence electrons. The van der Waals surface area contributed by atoms with Crippen LogP contribution in [0, 0.1) is 5.82 Å². The van der Waals surface area contributed by atoms with Gasteiger partial charge in [-0.25, -0.2) is 9.37 Å². The number of halogens is 1. The molecule has 0 radical (unpaired) electrons. The van der Waals surface area contributed by atoms with E-state index in [2.05, 4.69) is 25.9 Å². The second-order valence-electron chi connectivity index (χ2n) is 4.87. The molecule has 0 bridgehead atoms. The third-order valence-corrected chi connectivity index (χ3v) is 2.94. The van der Waals surface area contributed by atoms with Gasteiger partial charge in [0.1, 0.15) is 0 Å². The van der Waals surface area contributed by atoms with Crippen molar-refractivity contribution < 1.29 is 9.18 Å². The van der Waals surface area contributed by atoms with Gasteiger partial charge in [-0.1, -0.05) is 13.8 Å². The Labute approximate surface area is 124 Å². The second-order valence-corrected chi connectivity index (χ2v) is 4.87. The van der Waals surface area contributed by atoms with Crippen molar-refractivity contribution in [2.75, 3.05) is 23.7 Å². The third kappa shape index (κ3) is 6.37. The maximum Gasteiger partial charge on any atom is 0.224 e. The molecule has 6 nitrogen and oxygen atoms in total. The third-order valence-electron chi connectivity index (χ3n) is 2.94. The molecule has 1 atom stereocenters. The molecule has 0 fully saturated rings. The van der Waals surface area contributed by atoms with Crippen LogP contribution in [-0.2, 0) is 4.79 Å². The van der Waals surface area contributed by atoms with E-state index in [0.29, 0.717) is 12.5 Å². The zero-order chi connectivity index (χ0) is 15.7. The monoisotopic (exact) mass is 297 g/mol. The van der Waals surface area contributed by atoms with E-state index in [1.807, 2.05) is 20.8 Å². The molecule has 0 aliphatic heterocycles. The van der Waals surface area contributed by atoms with Crippen LogP contribution in [0.15, 0.2) is 6.20 Å². The zero-order valence-electron chi connectivity index (χ0n) is 12.9. The van der Waals surface area contributed by atoms with Crippen LogP contribution in [0.25, 0.3) is 0 Å². The predicted octanol–water partition coefficient (Wildman–Crippen LogP) is 2.15. The van der Waals surface area contributed by atoms with Gasteiger partial charge in [-0.05, 0) is 19.8 Å². The van der Waals surface area contributed by atoms with E-state index < -0.39 is 5.82 Å². The molecule has 1 aromatic rings. The number of aromatic nitrogens is 2. The number of hydrogen-bond donors (Lipinski definition) is 3. The van der Waals surface area contributed by atoms with Gasteiger partial charge in [0.15, 0.2) is 11.6 Å². The highest BCUT2D eigenvalue weighted by atomic mass is 19.1. The number of carbonyl (C=O) groups excluding carboxylic acids is 1. The van der Waals surface area contributed by atoms with Crippen LogP contribution < -0.4 is 16.0 Å². The van der Waals surface area contributed by atoms with Crippen LogP contribution in [0.3, 0.4) is 0 Å². The summed E-state index contributed by atoms with van der Waals surface area (Å²) in [4.78, 5) is 19.5. The smallest absolute Gasteiger partial charge is 0.224 e. The average Bonchev–Trinajstić information content (AvgIpc) is 2.47. The first kappa shape index (κ1) is 17.1. The van der Waals surface area contributed by atoms with Crippen LogP contribution in [-0.4, -0.2) is 35.0 Å². The number of nitrogens with zero attached hydrogens (tertiary/aromatic N) is 2. The van der Waals surface area contributed by atoms with Crippen LogP contribution in [0.2, 0.25) is 0 Å². The van der Waals surface area contributed by atoms with Crippen LogP contribution in [0.1, 0.15) is 40.0 Å². The summed E-state index contributed by atoms with van der Waals surface area (Å²) in [5.74, 6) is -0.0974. The van der Waals surface area contributed by atoms with Gasteiger partial charge in [0, 0.05) is 25.6 Å². The molecule has 3 N–H and O–H groups in total. The van der Waals surface area contributed by atoms with E-state index in [1.54, 1.807) is 0 Å². The van der Waals surface area contributed by atoms with Crippen LogP contribution in [0.4, 0.5) is 16.2 Å². The molecular formula is C14H24FN5O. The molecule has 0 saturated heterocycles. The van der Waals surface area contributed by atoms with Gasteiger partial charge >= 0.3 is 0 Å². The summed E-state index contributed by atoms with van der Waals surface area (Å²) in [6, 6.07) is 0.151. The highest BCUT2D eigenvalue weighted by Crippen LogP contribution is 2.11. The summed E-state index contributed by atoms with van der Waals surface area (Å²) in [5, 5.41) is 8.66. The Bertz CT molecular complexity index is 455. The van der Waals surface area contributed by atoms with Gasteiger partial charge in [0.25, 0.3) is 0 Å². The van der Waals surface area contributed by atoms with Crippen LogP contribution in [0.5, 0.6) is 0 Å². The van der Waals surface area contributed by atoms with Crippen molar-refractivity contribution in [1.82, 2.24) is 15.3 Å². The molecular weight excluding hydrogens is 273 g/mol. The normalized spacial score (nSPS) is 11.8. The highest BCUT2D eigenvalue weighted by molar-refractivity contribution is 5.76. The number of rotatable bonds is 9. The molecule has 1 rings (SSSR count). The number of hydrogen-bond acceptors (Lipinski definition) is 5. The lowest BCUT2D eigenvalue weighted by Crippen LogP contribution is -2.33. The Morgan fingerprint density at radius 2 is 2.10 bits per heavy atom. The Balaban J connectivity index is 2.45. The van der Waals surface area contributed by atoms with E-state index in [4.69, 9.17) is 0 Å². The van der Waals surface area contributed by atoms with Crippen molar-refractivity contribution >= 4 is 17.7 Å². The van der Waals surface area contributed by atoms with Gasteiger partial charge in [0.05, 0.1) is 6.20 Å². The van der Waals surface area contributed by atoms with Crippen molar-refractivity contribution in [3.05, 3.63) is 12.0 Å². The van der Waals surface area contributed by atoms with Gasteiger partial charge in [-0.2, -0.15) is 4.98 Å². The number of amides is 1. The SMILES string of the molecule is CCCNc1ncc(F)c(NCCC(=O)NC(C)CC)n1. The molecule has 0 aliphatic rings. The summed E-state index contributed by atoms with van der Waals surface area (Å²) in [6.45, 7) is 7.02. The van der Waals surface area contributed by atoms with Crippen molar-refractivity contribution in [2.45, 2.75) is 46.1 Å². The Morgan fingerprint density at radius 3 is 2.76 bits per heavy atom. The molecule has 0 aliphatic carbocycles. The van der Waals surface area contributed by atoms with E-state index in [-0.39, 0.29) is 24.2 Å². The minimum Gasteiger partial charge on any atom is -0.367 e. The minimum absolute atomic E-state index is 0.0596. The molecule has 0 saturated carbocycles. The highest BCUT2D eigenvalue weighted by Gasteiger charge is 2.08. The maximum absolute atomic E-state index is 13.6. The molecule has 7 heteroatoms. The first-order valence-electron chi connectivity index (χ1n) is 7.36. The number of carbonyl (C=O) groups is 1. The van der Waals surface area contributed by atoms with Crippen molar-refractivity contribution in [2.24, 2.45) is 0 Å². The first-order valence-corrected chi connectivity index (χ1v) is 7.36. The topological polar surface area (TPSA) is 78.9 Å². The number of nitrogens with one attached hydrogen (secondary N) is 3. The summed E-state index contributed by atoms with van der Waals surface area (Å²) in [5.41, 5.74) is 0. The van der Waals surface area contributed by atoms with Crippen molar-refractivity contribution in [3.8, 4) is 0 Å². The van der Waals surface area contributed by atoms with E-state index >= 15 is 0 Å². The fourth-order valence-corrected chi connectivity index (χ4v) is 1.56. The van der Waals surface area contributed by atoms with Gasteiger partial charge in [0.2, 0.25) is 11.9 Å². The van der Waals surface area contributed by atoms with E-state index in [9.17, 15) is 9.18 Å². The molecule has 0 aromatic carbocycles. The Morgan fingerprint density at radius 1 is 1.33 bits per heavy atom. The fourth-order valence-electron chi connectivity index (χ4n) is 1.56. The summed E-state index contributed by atoms with van der Waals surface area (Å²) >= 11 is 0. The molecule has 1 amide bonds. The first-order chi connectivity index (χ1) is 10.1. The minimum atomic E-state index is -0.528. The van der Waals surface area contributed by atoms with Crippen molar-refractivity contribution in [3.63, 3.8) is 0 Å². The average molecular weight is 297 g/mol. The van der Waals surface area contributed by atoms with Gasteiger partial charge in [-0.15, -0.1) is 0 Å².